The van der Waals surface area contributed by atoms with Crippen molar-refractivity contribution < 1.29 is 4.79 Å². The van der Waals surface area contributed by atoms with Crippen LogP contribution in [0.1, 0.15) is 63.4 Å². The zero-order valence-electron chi connectivity index (χ0n) is 16.5. The molecule has 1 aliphatic rings. The van der Waals surface area contributed by atoms with Crippen LogP contribution in [0.25, 0.3) is 0 Å². The molecule has 0 fully saturated rings. The van der Waals surface area contributed by atoms with Gasteiger partial charge in [-0.15, -0.1) is 0 Å². The lowest BCUT2D eigenvalue weighted by Gasteiger charge is -2.37. The summed E-state index contributed by atoms with van der Waals surface area (Å²) in [7, 11) is 0. The minimum atomic E-state index is -0.0330. The molecule has 1 aromatic carbocycles. The number of carbonyl (C=O) groups is 1. The highest BCUT2D eigenvalue weighted by atomic mass is 16.2. The molecule has 0 saturated heterocycles. The number of fused-ring (bicyclic) bond motifs is 1. The van der Waals surface area contributed by atoms with E-state index in [9.17, 15) is 4.79 Å². The van der Waals surface area contributed by atoms with E-state index in [0.717, 1.165) is 32.5 Å². The van der Waals surface area contributed by atoms with Crippen molar-refractivity contribution >= 4 is 6.03 Å². The molecular formula is C22H31N3O. The number of benzene rings is 1. The number of nitrogens with one attached hydrogen (secondary N) is 1. The van der Waals surface area contributed by atoms with Crippen LogP contribution < -0.4 is 5.32 Å². The quantitative estimate of drug-likeness (QED) is 0.795. The van der Waals surface area contributed by atoms with Gasteiger partial charge in [-0.3, -0.25) is 0 Å². The third-order valence-corrected chi connectivity index (χ3v) is 5.20. The number of aromatic nitrogens is 1. The minimum absolute atomic E-state index is 0.0330. The van der Waals surface area contributed by atoms with Crippen molar-refractivity contribution in [1.29, 1.82) is 0 Å². The highest BCUT2D eigenvalue weighted by molar-refractivity contribution is 5.75. The third-order valence-electron chi connectivity index (χ3n) is 5.20. The van der Waals surface area contributed by atoms with E-state index in [0.29, 0.717) is 0 Å². The minimum Gasteiger partial charge on any atom is -0.348 e. The number of amides is 2. The Morgan fingerprint density at radius 2 is 1.88 bits per heavy atom. The monoisotopic (exact) mass is 353 g/mol. The summed E-state index contributed by atoms with van der Waals surface area (Å²) >= 11 is 0. The van der Waals surface area contributed by atoms with Crippen LogP contribution in [-0.2, 0) is 12.0 Å². The Morgan fingerprint density at radius 1 is 1.15 bits per heavy atom. The first-order valence-electron chi connectivity index (χ1n) is 9.71. The SMILES string of the molecule is CCCCNC(=O)N1CCn2cccc2C1c1ccc(C(C)(C)C)cc1. The van der Waals surface area contributed by atoms with E-state index in [2.05, 4.69) is 80.2 Å². The maximum Gasteiger partial charge on any atom is 0.318 e. The van der Waals surface area contributed by atoms with E-state index in [4.69, 9.17) is 0 Å². The van der Waals surface area contributed by atoms with Crippen LogP contribution in [0.2, 0.25) is 0 Å². The van der Waals surface area contributed by atoms with Crippen molar-refractivity contribution in [2.45, 2.75) is 58.5 Å². The van der Waals surface area contributed by atoms with Gasteiger partial charge in [0.15, 0.2) is 0 Å². The van der Waals surface area contributed by atoms with Crippen LogP contribution in [0.4, 0.5) is 4.79 Å². The molecule has 1 N–H and O–H groups in total. The number of unbranched alkanes of at least 4 members (excludes halogenated alkanes) is 1. The molecule has 1 aromatic heterocycles. The maximum absolute atomic E-state index is 12.8. The zero-order chi connectivity index (χ0) is 18.7. The van der Waals surface area contributed by atoms with E-state index in [1.807, 2.05) is 4.90 Å². The molecular weight excluding hydrogens is 322 g/mol. The van der Waals surface area contributed by atoms with Gasteiger partial charge in [0.2, 0.25) is 0 Å². The first kappa shape index (κ1) is 18.6. The second-order valence-electron chi connectivity index (χ2n) is 8.18. The summed E-state index contributed by atoms with van der Waals surface area (Å²) in [5.41, 5.74) is 3.79. The van der Waals surface area contributed by atoms with Crippen molar-refractivity contribution in [1.82, 2.24) is 14.8 Å². The summed E-state index contributed by atoms with van der Waals surface area (Å²) in [6.45, 7) is 11.1. The zero-order valence-corrected chi connectivity index (χ0v) is 16.5. The van der Waals surface area contributed by atoms with Gasteiger partial charge in [0, 0.05) is 31.5 Å². The van der Waals surface area contributed by atoms with Gasteiger partial charge in [-0.1, -0.05) is 58.4 Å². The summed E-state index contributed by atoms with van der Waals surface area (Å²) in [5.74, 6) is 0. The highest BCUT2D eigenvalue weighted by Gasteiger charge is 2.32. The Kier molecular flexibility index (Phi) is 5.40. The molecule has 1 aliphatic heterocycles. The molecule has 0 radical (unpaired) electrons. The van der Waals surface area contributed by atoms with Crippen molar-refractivity contribution in [2.24, 2.45) is 0 Å². The van der Waals surface area contributed by atoms with Gasteiger partial charge in [0.25, 0.3) is 0 Å². The Balaban J connectivity index is 1.90. The topological polar surface area (TPSA) is 37.3 Å². The first-order chi connectivity index (χ1) is 12.4. The number of nitrogens with zero attached hydrogens (tertiary/aromatic N) is 2. The standard InChI is InChI=1S/C22H31N3O/c1-5-6-13-23-21(26)25-16-15-24-14-7-8-19(24)20(25)17-9-11-18(12-10-17)22(2,3)4/h7-12,14,20H,5-6,13,15-16H2,1-4H3,(H,23,26). The fourth-order valence-electron chi connectivity index (χ4n) is 3.59. The summed E-state index contributed by atoms with van der Waals surface area (Å²) in [6, 6.07) is 13.0. The Bertz CT molecular complexity index is 739. The predicted octanol–water partition coefficient (Wildman–Crippen LogP) is 4.70. The number of hydrogen-bond acceptors (Lipinski definition) is 1. The van der Waals surface area contributed by atoms with E-state index in [1.54, 1.807) is 0 Å². The molecule has 0 bridgehead atoms. The second kappa shape index (κ2) is 7.56. The summed E-state index contributed by atoms with van der Waals surface area (Å²) in [6.07, 6.45) is 4.21. The molecule has 1 atom stereocenters. The van der Waals surface area contributed by atoms with Crippen LogP contribution in [-0.4, -0.2) is 28.6 Å². The van der Waals surface area contributed by atoms with Gasteiger partial charge in [0.1, 0.15) is 0 Å². The van der Waals surface area contributed by atoms with Gasteiger partial charge in [-0.25, -0.2) is 4.79 Å². The van der Waals surface area contributed by atoms with Crippen LogP contribution in [0.5, 0.6) is 0 Å². The largest absolute Gasteiger partial charge is 0.348 e. The molecule has 3 rings (SSSR count). The molecule has 4 heteroatoms. The molecule has 140 valence electrons. The number of hydrogen-bond donors (Lipinski definition) is 1. The van der Waals surface area contributed by atoms with Gasteiger partial charge in [-0.2, -0.15) is 0 Å². The van der Waals surface area contributed by atoms with Crippen LogP contribution >= 0.6 is 0 Å². The number of rotatable bonds is 4. The Hall–Kier alpha value is -2.23. The first-order valence-corrected chi connectivity index (χ1v) is 9.71. The summed E-state index contributed by atoms with van der Waals surface area (Å²) < 4.78 is 2.26. The molecule has 1 unspecified atom stereocenters. The molecule has 2 aromatic rings. The molecule has 0 saturated carbocycles. The van der Waals surface area contributed by atoms with Gasteiger partial charge in [0.05, 0.1) is 6.04 Å². The van der Waals surface area contributed by atoms with Crippen LogP contribution in [0.3, 0.4) is 0 Å². The van der Waals surface area contributed by atoms with Gasteiger partial charge >= 0.3 is 6.03 Å². The Morgan fingerprint density at radius 3 is 2.54 bits per heavy atom. The van der Waals surface area contributed by atoms with Crippen LogP contribution in [0, 0.1) is 0 Å². The van der Waals surface area contributed by atoms with Crippen molar-refractivity contribution in [3.8, 4) is 0 Å². The molecule has 26 heavy (non-hydrogen) atoms. The van der Waals surface area contributed by atoms with Crippen molar-refractivity contribution in [3.63, 3.8) is 0 Å². The van der Waals surface area contributed by atoms with E-state index < -0.39 is 0 Å². The molecule has 2 heterocycles. The third kappa shape index (κ3) is 3.79. The lowest BCUT2D eigenvalue weighted by Crippen LogP contribution is -2.47. The fraction of sp³-hybridized carbons (Fsp3) is 0.500. The second-order valence-corrected chi connectivity index (χ2v) is 8.18. The average molecular weight is 354 g/mol. The Labute approximate surface area is 157 Å². The summed E-state index contributed by atoms with van der Waals surface area (Å²) in [4.78, 5) is 14.8. The average Bonchev–Trinajstić information content (AvgIpc) is 3.09. The predicted molar refractivity (Wildman–Crippen MR) is 106 cm³/mol. The smallest absolute Gasteiger partial charge is 0.318 e. The van der Waals surface area contributed by atoms with E-state index >= 15 is 0 Å². The van der Waals surface area contributed by atoms with Gasteiger partial charge < -0.3 is 14.8 Å². The number of urea groups is 1. The lowest BCUT2D eigenvalue weighted by atomic mass is 9.86. The van der Waals surface area contributed by atoms with Crippen molar-refractivity contribution in [2.75, 3.05) is 13.1 Å². The lowest BCUT2D eigenvalue weighted by molar-refractivity contribution is 0.168. The molecule has 4 nitrogen and oxygen atoms in total. The molecule has 0 spiro atoms. The number of carbonyl (C=O) groups excluding carboxylic acids is 1. The van der Waals surface area contributed by atoms with E-state index in [-0.39, 0.29) is 17.5 Å². The maximum atomic E-state index is 12.8. The summed E-state index contributed by atoms with van der Waals surface area (Å²) in [5, 5.41) is 3.09. The van der Waals surface area contributed by atoms with Gasteiger partial charge in [-0.05, 0) is 35.1 Å². The van der Waals surface area contributed by atoms with Crippen molar-refractivity contribution in [3.05, 3.63) is 59.4 Å². The normalized spacial score (nSPS) is 17.1. The fourth-order valence-corrected chi connectivity index (χ4v) is 3.59. The molecule has 0 aliphatic carbocycles. The van der Waals surface area contributed by atoms with Crippen LogP contribution in [0.15, 0.2) is 42.6 Å². The highest BCUT2D eigenvalue weighted by Crippen LogP contribution is 2.33. The molecule has 2 amide bonds. The van der Waals surface area contributed by atoms with E-state index in [1.165, 1.54) is 16.8 Å².